The van der Waals surface area contributed by atoms with Crippen LogP contribution in [0.15, 0.2) is 5.38 Å². The summed E-state index contributed by atoms with van der Waals surface area (Å²) in [5.41, 5.74) is 1.08. The van der Waals surface area contributed by atoms with Gasteiger partial charge in [0.2, 0.25) is 0 Å². The van der Waals surface area contributed by atoms with Crippen LogP contribution in [0.25, 0.3) is 0 Å². The Hall–Kier alpha value is -1.27. The van der Waals surface area contributed by atoms with Gasteiger partial charge in [-0.3, -0.25) is 0 Å². The van der Waals surface area contributed by atoms with Gasteiger partial charge in [0.25, 0.3) is 0 Å². The van der Waals surface area contributed by atoms with E-state index in [0.717, 1.165) is 28.9 Å². The lowest BCUT2D eigenvalue weighted by molar-refractivity contribution is 0.627. The smallest absolute Gasteiger partial charge is 0.146 e. The lowest BCUT2D eigenvalue weighted by atomic mass is 10.4. The first-order valence-corrected chi connectivity index (χ1v) is 6.01. The van der Waals surface area contributed by atoms with E-state index in [0.29, 0.717) is 6.54 Å². The second kappa shape index (κ2) is 4.71. The topological polar surface area (TPSA) is 55.6 Å². The van der Waals surface area contributed by atoms with Crippen LogP contribution in [0.5, 0.6) is 0 Å². The van der Waals surface area contributed by atoms with Crippen molar-refractivity contribution in [1.82, 2.24) is 25.1 Å². The highest BCUT2D eigenvalue weighted by Gasteiger charge is 2.04. The summed E-state index contributed by atoms with van der Waals surface area (Å²) < 4.78 is 1.99. The molecule has 0 unspecified atom stereocenters. The number of hydrogen-bond donors (Lipinski definition) is 1. The Bertz CT molecular complexity index is 473. The van der Waals surface area contributed by atoms with Gasteiger partial charge in [0.15, 0.2) is 0 Å². The highest BCUT2D eigenvalue weighted by Crippen LogP contribution is 2.07. The van der Waals surface area contributed by atoms with E-state index >= 15 is 0 Å². The summed E-state index contributed by atoms with van der Waals surface area (Å²) in [5, 5.41) is 14.6. The van der Waals surface area contributed by atoms with Crippen LogP contribution < -0.4 is 5.32 Å². The van der Waals surface area contributed by atoms with Crippen LogP contribution >= 0.6 is 11.3 Å². The molecule has 86 valence electrons. The van der Waals surface area contributed by atoms with Crippen molar-refractivity contribution in [3.63, 3.8) is 0 Å². The Morgan fingerprint density at radius 1 is 1.31 bits per heavy atom. The van der Waals surface area contributed by atoms with Crippen LogP contribution in [0.4, 0.5) is 0 Å². The van der Waals surface area contributed by atoms with E-state index in [2.05, 4.69) is 25.9 Å². The first-order chi connectivity index (χ1) is 7.66. The molecule has 0 bridgehead atoms. The highest BCUT2D eigenvalue weighted by atomic mass is 32.1. The van der Waals surface area contributed by atoms with Crippen molar-refractivity contribution in [2.24, 2.45) is 7.05 Å². The molecule has 2 heterocycles. The van der Waals surface area contributed by atoms with Gasteiger partial charge in [0.1, 0.15) is 11.6 Å². The van der Waals surface area contributed by atoms with E-state index in [1.807, 2.05) is 25.5 Å². The third-order valence-corrected chi connectivity index (χ3v) is 3.26. The number of thiazole rings is 1. The van der Waals surface area contributed by atoms with Gasteiger partial charge in [0, 0.05) is 19.0 Å². The average Bonchev–Trinajstić information content (AvgIpc) is 2.79. The second-order valence-electron chi connectivity index (χ2n) is 3.68. The third-order valence-electron chi connectivity index (χ3n) is 2.44. The number of hydrogen-bond acceptors (Lipinski definition) is 5. The van der Waals surface area contributed by atoms with E-state index in [1.54, 1.807) is 11.3 Å². The van der Waals surface area contributed by atoms with Crippen molar-refractivity contribution >= 4 is 11.3 Å². The molecule has 5 nitrogen and oxygen atoms in total. The van der Waals surface area contributed by atoms with E-state index < -0.39 is 0 Å². The number of nitrogens with zero attached hydrogens (tertiary/aromatic N) is 4. The van der Waals surface area contributed by atoms with Gasteiger partial charge in [-0.2, -0.15) is 0 Å². The zero-order chi connectivity index (χ0) is 11.5. The molecule has 0 aliphatic rings. The van der Waals surface area contributed by atoms with Gasteiger partial charge in [-0.15, -0.1) is 21.5 Å². The zero-order valence-corrected chi connectivity index (χ0v) is 10.5. The Balaban J connectivity index is 1.86. The van der Waals surface area contributed by atoms with Gasteiger partial charge >= 0.3 is 0 Å². The maximum Gasteiger partial charge on any atom is 0.146 e. The quantitative estimate of drug-likeness (QED) is 0.867. The summed E-state index contributed by atoms with van der Waals surface area (Å²) in [5.74, 6) is 1.88. The molecule has 0 amide bonds. The fraction of sp³-hybridized carbons (Fsp3) is 0.500. The van der Waals surface area contributed by atoms with E-state index in [4.69, 9.17) is 0 Å². The lowest BCUT2D eigenvalue weighted by Crippen LogP contribution is -2.16. The maximum absolute atomic E-state index is 4.38. The number of aromatic nitrogens is 4. The Labute approximate surface area is 98.5 Å². The lowest BCUT2D eigenvalue weighted by Gasteiger charge is -2.02. The molecule has 2 aromatic heterocycles. The normalized spacial score (nSPS) is 10.9. The third kappa shape index (κ3) is 2.45. The van der Waals surface area contributed by atoms with Crippen molar-refractivity contribution in [2.75, 3.05) is 0 Å². The molecule has 0 radical (unpaired) electrons. The van der Waals surface area contributed by atoms with Gasteiger partial charge in [-0.25, -0.2) is 4.98 Å². The summed E-state index contributed by atoms with van der Waals surface area (Å²) in [6, 6.07) is 0. The number of rotatable bonds is 4. The van der Waals surface area contributed by atoms with Crippen molar-refractivity contribution in [3.05, 3.63) is 27.7 Å². The molecule has 0 aliphatic carbocycles. The fourth-order valence-electron chi connectivity index (χ4n) is 1.40. The Kier molecular flexibility index (Phi) is 3.31. The van der Waals surface area contributed by atoms with Gasteiger partial charge in [-0.1, -0.05) is 0 Å². The van der Waals surface area contributed by atoms with E-state index in [-0.39, 0.29) is 0 Å². The van der Waals surface area contributed by atoms with E-state index in [9.17, 15) is 0 Å². The molecule has 16 heavy (non-hydrogen) atoms. The van der Waals surface area contributed by atoms with Crippen LogP contribution in [0.3, 0.4) is 0 Å². The molecule has 6 heteroatoms. The average molecular weight is 237 g/mol. The van der Waals surface area contributed by atoms with Gasteiger partial charge in [-0.05, 0) is 13.8 Å². The predicted molar refractivity (Wildman–Crippen MR) is 63.1 cm³/mol. The van der Waals surface area contributed by atoms with Crippen molar-refractivity contribution < 1.29 is 0 Å². The number of aryl methyl sites for hydroxylation is 2. The zero-order valence-electron chi connectivity index (χ0n) is 9.69. The monoisotopic (exact) mass is 237 g/mol. The molecule has 0 saturated carbocycles. The molecular formula is C10H15N5S. The van der Waals surface area contributed by atoms with Crippen LogP contribution in [0.2, 0.25) is 0 Å². The minimum absolute atomic E-state index is 0.716. The standard InChI is InChI=1S/C10H15N5S/c1-7-13-14-10(15(7)3)5-11-4-9-6-16-8(2)12-9/h6,11H,4-5H2,1-3H3. The molecule has 2 aromatic rings. The van der Waals surface area contributed by atoms with Crippen LogP contribution in [0, 0.1) is 13.8 Å². The maximum atomic E-state index is 4.38. The first kappa shape index (κ1) is 11.2. The Morgan fingerprint density at radius 3 is 2.69 bits per heavy atom. The largest absolute Gasteiger partial charge is 0.317 e. The highest BCUT2D eigenvalue weighted by molar-refractivity contribution is 7.09. The minimum atomic E-state index is 0.716. The second-order valence-corrected chi connectivity index (χ2v) is 4.75. The molecule has 0 aromatic carbocycles. The molecule has 0 spiro atoms. The minimum Gasteiger partial charge on any atom is -0.317 e. The van der Waals surface area contributed by atoms with Crippen LogP contribution in [-0.2, 0) is 20.1 Å². The SMILES string of the molecule is Cc1nc(CNCc2nnc(C)n2C)cs1. The first-order valence-electron chi connectivity index (χ1n) is 5.13. The van der Waals surface area contributed by atoms with Crippen LogP contribution in [-0.4, -0.2) is 19.7 Å². The van der Waals surface area contributed by atoms with Gasteiger partial charge in [0.05, 0.1) is 17.2 Å². The summed E-state index contributed by atoms with van der Waals surface area (Å²) in [7, 11) is 1.97. The summed E-state index contributed by atoms with van der Waals surface area (Å²) >= 11 is 1.67. The molecule has 0 aliphatic heterocycles. The molecule has 1 N–H and O–H groups in total. The Morgan fingerprint density at radius 2 is 2.12 bits per heavy atom. The fourth-order valence-corrected chi connectivity index (χ4v) is 2.01. The van der Waals surface area contributed by atoms with Crippen molar-refractivity contribution in [2.45, 2.75) is 26.9 Å². The summed E-state index contributed by atoms with van der Waals surface area (Å²) in [6.45, 7) is 5.45. The molecule has 0 saturated heterocycles. The summed E-state index contributed by atoms with van der Waals surface area (Å²) in [6.07, 6.45) is 0. The van der Waals surface area contributed by atoms with Crippen molar-refractivity contribution in [3.8, 4) is 0 Å². The molecule has 0 fully saturated rings. The molecule has 2 rings (SSSR count). The van der Waals surface area contributed by atoms with Gasteiger partial charge < -0.3 is 9.88 Å². The molecule has 0 atom stereocenters. The predicted octanol–water partition coefficient (Wildman–Crippen LogP) is 1.18. The van der Waals surface area contributed by atoms with Crippen LogP contribution in [0.1, 0.15) is 22.4 Å². The van der Waals surface area contributed by atoms with Crippen molar-refractivity contribution in [1.29, 1.82) is 0 Å². The number of nitrogens with one attached hydrogen (secondary N) is 1. The van der Waals surface area contributed by atoms with E-state index in [1.165, 1.54) is 0 Å². The summed E-state index contributed by atoms with van der Waals surface area (Å²) in [4.78, 5) is 4.38. The molecular weight excluding hydrogens is 222 g/mol.